The van der Waals surface area contributed by atoms with Gasteiger partial charge in [-0.2, -0.15) is 0 Å². The van der Waals surface area contributed by atoms with Crippen molar-refractivity contribution in [2.75, 3.05) is 13.1 Å². The molecule has 0 spiro atoms. The second kappa shape index (κ2) is 7.63. The summed E-state index contributed by atoms with van der Waals surface area (Å²) in [6.45, 7) is 2.89. The molecule has 2 amide bonds. The van der Waals surface area contributed by atoms with E-state index >= 15 is 0 Å². The number of H-pyrrole nitrogens is 1. The minimum atomic E-state index is -0.398. The highest BCUT2D eigenvalue weighted by Gasteiger charge is 2.47. The zero-order valence-electron chi connectivity index (χ0n) is 17.3. The third kappa shape index (κ3) is 3.09. The third-order valence-corrected chi connectivity index (χ3v) is 6.50. The van der Waals surface area contributed by atoms with Gasteiger partial charge in [-0.3, -0.25) is 9.59 Å². The number of para-hydroxylation sites is 1. The molecule has 0 saturated carbocycles. The van der Waals surface area contributed by atoms with Crippen LogP contribution in [0.1, 0.15) is 42.6 Å². The standard InChI is InChI=1S/C25H27N3O2/c1-2-14-27-16-23(29)28-21(13-12-17-8-4-3-5-9-17)24-19(15-22(28)25(27)30)18-10-6-7-11-20(18)26-24/h3-11,21-22,26H,2,12-16H2,1H3. The molecule has 30 heavy (non-hydrogen) atoms. The minimum Gasteiger partial charge on any atom is -0.356 e. The van der Waals surface area contributed by atoms with Gasteiger partial charge in [0.15, 0.2) is 0 Å². The summed E-state index contributed by atoms with van der Waals surface area (Å²) in [5, 5.41) is 1.17. The molecule has 5 nitrogen and oxygen atoms in total. The van der Waals surface area contributed by atoms with E-state index in [1.54, 1.807) is 4.90 Å². The lowest BCUT2D eigenvalue weighted by Gasteiger charge is -2.47. The Labute approximate surface area is 176 Å². The van der Waals surface area contributed by atoms with Crippen molar-refractivity contribution in [2.24, 2.45) is 0 Å². The maximum absolute atomic E-state index is 13.3. The number of aromatic amines is 1. The van der Waals surface area contributed by atoms with Gasteiger partial charge in [0.05, 0.1) is 12.6 Å². The first kappa shape index (κ1) is 18.9. The van der Waals surface area contributed by atoms with Crippen LogP contribution in [-0.4, -0.2) is 45.7 Å². The molecular weight excluding hydrogens is 374 g/mol. The number of fused-ring (bicyclic) bond motifs is 4. The van der Waals surface area contributed by atoms with E-state index in [9.17, 15) is 9.59 Å². The van der Waals surface area contributed by atoms with E-state index < -0.39 is 6.04 Å². The number of aryl methyl sites for hydroxylation is 1. The largest absolute Gasteiger partial charge is 0.356 e. The lowest BCUT2D eigenvalue weighted by Crippen LogP contribution is -2.62. The summed E-state index contributed by atoms with van der Waals surface area (Å²) in [5.41, 5.74) is 4.64. The smallest absolute Gasteiger partial charge is 0.246 e. The molecule has 3 aromatic rings. The van der Waals surface area contributed by atoms with Crippen molar-refractivity contribution in [3.8, 4) is 0 Å². The quantitative estimate of drug-likeness (QED) is 0.706. The Morgan fingerprint density at radius 3 is 2.60 bits per heavy atom. The Bertz CT molecular complexity index is 1090. The fourth-order valence-corrected chi connectivity index (χ4v) is 5.15. The molecule has 3 heterocycles. The Balaban J connectivity index is 1.56. The molecule has 0 radical (unpaired) electrons. The van der Waals surface area contributed by atoms with E-state index in [0.29, 0.717) is 13.0 Å². The van der Waals surface area contributed by atoms with Crippen LogP contribution in [0.25, 0.3) is 10.9 Å². The summed E-state index contributed by atoms with van der Waals surface area (Å²) in [6, 6.07) is 18.1. The number of nitrogens with zero attached hydrogens (tertiary/aromatic N) is 2. The number of carbonyl (C=O) groups excluding carboxylic acids is 2. The monoisotopic (exact) mass is 401 g/mol. The first-order valence-corrected chi connectivity index (χ1v) is 10.9. The second-order valence-corrected chi connectivity index (χ2v) is 8.38. The highest BCUT2D eigenvalue weighted by molar-refractivity contribution is 5.97. The summed E-state index contributed by atoms with van der Waals surface area (Å²) < 4.78 is 0. The molecule has 0 aliphatic carbocycles. The predicted octanol–water partition coefficient (Wildman–Crippen LogP) is 3.85. The van der Waals surface area contributed by atoms with Gasteiger partial charge in [-0.25, -0.2) is 0 Å². The Morgan fingerprint density at radius 1 is 1.03 bits per heavy atom. The molecule has 154 valence electrons. The SMILES string of the molecule is CCCN1CC(=O)N2C(Cc3c([nH]c4ccccc34)C2CCc2ccccc2)C1=O. The number of piperazine rings is 1. The molecule has 0 bridgehead atoms. The fourth-order valence-electron chi connectivity index (χ4n) is 5.15. The highest BCUT2D eigenvalue weighted by Crippen LogP contribution is 2.41. The lowest BCUT2D eigenvalue weighted by molar-refractivity contribution is -0.159. The van der Waals surface area contributed by atoms with Gasteiger partial charge in [-0.15, -0.1) is 0 Å². The van der Waals surface area contributed by atoms with Gasteiger partial charge in [0.1, 0.15) is 6.04 Å². The molecule has 2 aromatic carbocycles. The first-order chi connectivity index (χ1) is 14.7. The van der Waals surface area contributed by atoms with Gasteiger partial charge in [0.25, 0.3) is 0 Å². The zero-order chi connectivity index (χ0) is 20.7. The molecule has 2 aliphatic heterocycles. The molecule has 2 atom stereocenters. The average Bonchev–Trinajstić information content (AvgIpc) is 3.14. The van der Waals surface area contributed by atoms with Crippen LogP contribution in [-0.2, 0) is 22.4 Å². The third-order valence-electron chi connectivity index (χ3n) is 6.50. The molecule has 1 aromatic heterocycles. The fraction of sp³-hybridized carbons (Fsp3) is 0.360. The van der Waals surface area contributed by atoms with E-state index in [1.165, 1.54) is 16.5 Å². The molecule has 1 saturated heterocycles. The second-order valence-electron chi connectivity index (χ2n) is 8.38. The molecule has 5 rings (SSSR count). The van der Waals surface area contributed by atoms with Gasteiger partial charge >= 0.3 is 0 Å². The van der Waals surface area contributed by atoms with Crippen molar-refractivity contribution in [2.45, 2.75) is 44.7 Å². The number of benzene rings is 2. The van der Waals surface area contributed by atoms with Gasteiger partial charge in [-0.05, 0) is 36.5 Å². The number of aromatic nitrogens is 1. The maximum atomic E-state index is 13.3. The van der Waals surface area contributed by atoms with Crippen molar-refractivity contribution in [3.05, 3.63) is 71.4 Å². The van der Waals surface area contributed by atoms with Gasteiger partial charge in [-0.1, -0.05) is 55.5 Å². The van der Waals surface area contributed by atoms with Crippen molar-refractivity contribution in [3.63, 3.8) is 0 Å². The molecule has 2 unspecified atom stereocenters. The molecule has 5 heteroatoms. The number of hydrogen-bond donors (Lipinski definition) is 1. The summed E-state index contributed by atoms with van der Waals surface area (Å²) >= 11 is 0. The average molecular weight is 402 g/mol. The van der Waals surface area contributed by atoms with E-state index in [4.69, 9.17) is 0 Å². The number of carbonyl (C=O) groups is 2. The predicted molar refractivity (Wildman–Crippen MR) is 117 cm³/mol. The highest BCUT2D eigenvalue weighted by atomic mass is 16.2. The van der Waals surface area contributed by atoms with Crippen LogP contribution in [0.3, 0.4) is 0 Å². The van der Waals surface area contributed by atoms with E-state index in [-0.39, 0.29) is 24.4 Å². The number of hydrogen-bond acceptors (Lipinski definition) is 2. The first-order valence-electron chi connectivity index (χ1n) is 10.9. The zero-order valence-corrected chi connectivity index (χ0v) is 17.3. The van der Waals surface area contributed by atoms with Crippen LogP contribution >= 0.6 is 0 Å². The normalized spacial score (nSPS) is 21.1. The van der Waals surface area contributed by atoms with Crippen LogP contribution in [0.2, 0.25) is 0 Å². The van der Waals surface area contributed by atoms with E-state index in [0.717, 1.165) is 30.5 Å². The number of nitrogens with one attached hydrogen (secondary N) is 1. The van der Waals surface area contributed by atoms with Crippen molar-refractivity contribution in [1.29, 1.82) is 0 Å². The van der Waals surface area contributed by atoms with Gasteiger partial charge in [0.2, 0.25) is 11.8 Å². The summed E-state index contributed by atoms with van der Waals surface area (Å²) in [6.07, 6.45) is 3.12. The Morgan fingerprint density at radius 2 is 1.80 bits per heavy atom. The van der Waals surface area contributed by atoms with Crippen LogP contribution < -0.4 is 0 Å². The van der Waals surface area contributed by atoms with Crippen LogP contribution in [0, 0.1) is 0 Å². The topological polar surface area (TPSA) is 56.4 Å². The van der Waals surface area contributed by atoms with Crippen LogP contribution in [0.5, 0.6) is 0 Å². The van der Waals surface area contributed by atoms with Gasteiger partial charge in [0, 0.05) is 29.6 Å². The lowest BCUT2D eigenvalue weighted by atomic mass is 9.86. The maximum Gasteiger partial charge on any atom is 0.246 e. The summed E-state index contributed by atoms with van der Waals surface area (Å²) in [7, 11) is 0. The number of amides is 2. The Kier molecular flexibility index (Phi) is 4.81. The van der Waals surface area contributed by atoms with Crippen molar-refractivity contribution < 1.29 is 9.59 Å². The summed E-state index contributed by atoms with van der Waals surface area (Å²) in [4.78, 5) is 33.7. The molecule has 1 fully saturated rings. The van der Waals surface area contributed by atoms with Crippen molar-refractivity contribution >= 4 is 22.7 Å². The molecule has 2 aliphatic rings. The Hall–Kier alpha value is -3.08. The number of rotatable bonds is 5. The van der Waals surface area contributed by atoms with E-state index in [1.807, 2.05) is 42.2 Å². The minimum absolute atomic E-state index is 0.0652. The van der Waals surface area contributed by atoms with E-state index in [2.05, 4.69) is 29.2 Å². The summed E-state index contributed by atoms with van der Waals surface area (Å²) in [5.74, 6) is 0.160. The van der Waals surface area contributed by atoms with Crippen LogP contribution in [0.4, 0.5) is 0 Å². The van der Waals surface area contributed by atoms with Crippen LogP contribution in [0.15, 0.2) is 54.6 Å². The molecular formula is C25H27N3O2. The molecule has 1 N–H and O–H groups in total. The van der Waals surface area contributed by atoms with Gasteiger partial charge < -0.3 is 14.8 Å². The van der Waals surface area contributed by atoms with Crippen molar-refractivity contribution in [1.82, 2.24) is 14.8 Å².